The van der Waals surface area contributed by atoms with Gasteiger partial charge in [-0.3, -0.25) is 4.90 Å². The maximum Gasteiger partial charge on any atom is 0.124 e. The predicted molar refractivity (Wildman–Crippen MR) is 65.3 cm³/mol. The van der Waals surface area contributed by atoms with Crippen molar-refractivity contribution in [3.05, 3.63) is 35.1 Å². The van der Waals surface area contributed by atoms with Gasteiger partial charge in [-0.15, -0.1) is 0 Å². The van der Waals surface area contributed by atoms with Gasteiger partial charge in [0.2, 0.25) is 0 Å². The second-order valence-corrected chi connectivity index (χ2v) is 4.27. The van der Waals surface area contributed by atoms with E-state index in [-0.39, 0.29) is 6.61 Å². The van der Waals surface area contributed by atoms with Gasteiger partial charge in [-0.25, -0.2) is 4.39 Å². The van der Waals surface area contributed by atoms with Gasteiger partial charge in [0.15, 0.2) is 0 Å². The van der Waals surface area contributed by atoms with Crippen molar-refractivity contribution in [1.82, 2.24) is 4.90 Å². The van der Waals surface area contributed by atoms with Crippen LogP contribution in [0.1, 0.15) is 11.1 Å². The Kier molecular flexibility index (Phi) is 5.72. The van der Waals surface area contributed by atoms with Gasteiger partial charge in [0.25, 0.3) is 0 Å². The van der Waals surface area contributed by atoms with E-state index in [0.29, 0.717) is 24.2 Å². The van der Waals surface area contributed by atoms with Crippen molar-refractivity contribution in [2.45, 2.75) is 12.6 Å². The predicted octanol–water partition coefficient (Wildman–Crippen LogP) is 1.14. The fourth-order valence-electron chi connectivity index (χ4n) is 1.79. The lowest BCUT2D eigenvalue weighted by Crippen LogP contribution is -2.31. The lowest BCUT2D eigenvalue weighted by atomic mass is 10.1. The lowest BCUT2D eigenvalue weighted by molar-refractivity contribution is 0.0419. The summed E-state index contributed by atoms with van der Waals surface area (Å²) in [6.45, 7) is 1.15. The molecule has 0 heterocycles. The molecule has 0 amide bonds. The minimum Gasteiger partial charge on any atom is -0.389 e. The van der Waals surface area contributed by atoms with E-state index in [1.807, 2.05) is 18.0 Å². The number of halogens is 1. The summed E-state index contributed by atoms with van der Waals surface area (Å²) in [5, 5.41) is 18.3. The molecule has 0 spiro atoms. The molecule has 1 unspecified atom stereocenters. The smallest absolute Gasteiger partial charge is 0.124 e. The number of likely N-dealkylation sites (N-methyl/N-ethyl adjacent to an activating group) is 1. The van der Waals surface area contributed by atoms with Gasteiger partial charge in [0.05, 0.1) is 24.3 Å². The standard InChI is InChI=1S/C13H17FN2O2/c1-16(8-13(17)9-18-2)7-11-3-10(6-15)4-12(14)5-11/h3-5,13,17H,7-9H2,1-2H3. The molecule has 98 valence electrons. The number of aliphatic hydroxyl groups excluding tert-OH is 1. The number of hydrogen-bond acceptors (Lipinski definition) is 4. The Labute approximate surface area is 106 Å². The Bertz CT molecular complexity index is 431. The van der Waals surface area contributed by atoms with Gasteiger partial charge in [-0.1, -0.05) is 0 Å². The summed E-state index contributed by atoms with van der Waals surface area (Å²) in [6.07, 6.45) is -0.580. The maximum absolute atomic E-state index is 13.2. The number of nitrogens with zero attached hydrogens (tertiary/aromatic N) is 2. The van der Waals surface area contributed by atoms with Crippen molar-refractivity contribution in [3.8, 4) is 6.07 Å². The van der Waals surface area contributed by atoms with E-state index in [4.69, 9.17) is 10.00 Å². The first-order valence-electron chi connectivity index (χ1n) is 5.60. The van der Waals surface area contributed by atoms with Crippen LogP contribution in [0.25, 0.3) is 0 Å². The summed E-state index contributed by atoms with van der Waals surface area (Å²) in [7, 11) is 3.34. The zero-order valence-corrected chi connectivity index (χ0v) is 10.6. The number of benzene rings is 1. The van der Waals surface area contributed by atoms with E-state index < -0.39 is 11.9 Å². The molecule has 1 N–H and O–H groups in total. The first-order valence-corrected chi connectivity index (χ1v) is 5.60. The molecular formula is C13H17FN2O2. The third kappa shape index (κ3) is 4.80. The van der Waals surface area contributed by atoms with Gasteiger partial charge in [0, 0.05) is 20.2 Å². The molecule has 0 aromatic heterocycles. The minimum absolute atomic E-state index is 0.261. The molecule has 0 radical (unpaired) electrons. The molecule has 5 heteroatoms. The van der Waals surface area contributed by atoms with E-state index in [2.05, 4.69) is 0 Å². The molecule has 0 saturated heterocycles. The van der Waals surface area contributed by atoms with Crippen LogP contribution >= 0.6 is 0 Å². The van der Waals surface area contributed by atoms with Crippen molar-refractivity contribution >= 4 is 0 Å². The molecule has 1 aromatic carbocycles. The molecule has 0 aliphatic heterocycles. The second-order valence-electron chi connectivity index (χ2n) is 4.27. The highest BCUT2D eigenvalue weighted by molar-refractivity contribution is 5.33. The highest BCUT2D eigenvalue weighted by atomic mass is 19.1. The largest absolute Gasteiger partial charge is 0.389 e. The Balaban J connectivity index is 2.61. The van der Waals surface area contributed by atoms with E-state index in [1.54, 1.807) is 6.07 Å². The van der Waals surface area contributed by atoms with Crippen LogP contribution in [0.3, 0.4) is 0 Å². The van der Waals surface area contributed by atoms with Crippen LogP contribution in [0.5, 0.6) is 0 Å². The molecule has 0 saturated carbocycles. The zero-order chi connectivity index (χ0) is 13.5. The van der Waals surface area contributed by atoms with Crippen molar-refractivity contribution in [2.75, 3.05) is 27.3 Å². The van der Waals surface area contributed by atoms with Gasteiger partial charge < -0.3 is 9.84 Å². The van der Waals surface area contributed by atoms with Gasteiger partial charge in [-0.05, 0) is 30.8 Å². The number of aliphatic hydroxyl groups is 1. The van der Waals surface area contributed by atoms with Crippen LogP contribution in [-0.2, 0) is 11.3 Å². The summed E-state index contributed by atoms with van der Waals surface area (Å²) in [5.41, 5.74) is 1.01. The van der Waals surface area contributed by atoms with Crippen molar-refractivity contribution in [1.29, 1.82) is 5.26 Å². The average Bonchev–Trinajstić information content (AvgIpc) is 2.27. The van der Waals surface area contributed by atoms with E-state index in [1.165, 1.54) is 19.2 Å². The lowest BCUT2D eigenvalue weighted by Gasteiger charge is -2.20. The Morgan fingerprint density at radius 3 is 2.83 bits per heavy atom. The molecule has 18 heavy (non-hydrogen) atoms. The van der Waals surface area contributed by atoms with Gasteiger partial charge in [0.1, 0.15) is 5.82 Å². The number of ether oxygens (including phenoxy) is 1. The minimum atomic E-state index is -0.580. The van der Waals surface area contributed by atoms with Crippen LogP contribution < -0.4 is 0 Å². The highest BCUT2D eigenvalue weighted by Gasteiger charge is 2.09. The highest BCUT2D eigenvalue weighted by Crippen LogP contribution is 2.10. The SMILES string of the molecule is COCC(O)CN(C)Cc1cc(F)cc(C#N)c1. The van der Waals surface area contributed by atoms with Crippen molar-refractivity contribution in [3.63, 3.8) is 0 Å². The number of rotatable bonds is 6. The average molecular weight is 252 g/mol. The molecule has 1 rings (SSSR count). The van der Waals surface area contributed by atoms with E-state index >= 15 is 0 Å². The van der Waals surface area contributed by atoms with E-state index in [0.717, 1.165) is 0 Å². The Morgan fingerprint density at radius 1 is 1.50 bits per heavy atom. The van der Waals surface area contributed by atoms with E-state index in [9.17, 15) is 9.50 Å². The van der Waals surface area contributed by atoms with Crippen LogP contribution in [0, 0.1) is 17.1 Å². The molecule has 1 aromatic rings. The van der Waals surface area contributed by atoms with Crippen LogP contribution in [0.4, 0.5) is 4.39 Å². The van der Waals surface area contributed by atoms with Crippen LogP contribution in [0.2, 0.25) is 0 Å². The van der Waals surface area contributed by atoms with Gasteiger partial charge >= 0.3 is 0 Å². The second kappa shape index (κ2) is 7.07. The third-order valence-electron chi connectivity index (χ3n) is 2.42. The summed E-state index contributed by atoms with van der Waals surface area (Å²) in [5.74, 6) is -0.421. The Morgan fingerprint density at radius 2 is 2.22 bits per heavy atom. The van der Waals surface area contributed by atoms with Gasteiger partial charge in [-0.2, -0.15) is 5.26 Å². The summed E-state index contributed by atoms with van der Waals surface area (Å²) in [6, 6.07) is 6.14. The molecule has 0 aliphatic rings. The zero-order valence-electron chi connectivity index (χ0n) is 10.6. The normalized spacial score (nSPS) is 12.4. The fourth-order valence-corrected chi connectivity index (χ4v) is 1.79. The molecule has 1 atom stereocenters. The number of methoxy groups -OCH3 is 1. The summed E-state index contributed by atoms with van der Waals surface area (Å²) < 4.78 is 18.0. The molecular weight excluding hydrogens is 235 g/mol. The summed E-state index contributed by atoms with van der Waals surface area (Å²) in [4.78, 5) is 1.85. The van der Waals surface area contributed by atoms with Crippen molar-refractivity contribution in [2.24, 2.45) is 0 Å². The third-order valence-corrected chi connectivity index (χ3v) is 2.42. The molecule has 0 aliphatic carbocycles. The maximum atomic E-state index is 13.2. The Hall–Kier alpha value is -1.48. The van der Waals surface area contributed by atoms with Crippen LogP contribution in [0.15, 0.2) is 18.2 Å². The summed E-state index contributed by atoms with van der Waals surface area (Å²) >= 11 is 0. The first-order chi connectivity index (χ1) is 8.55. The topological polar surface area (TPSA) is 56.5 Å². The molecule has 4 nitrogen and oxygen atoms in total. The quantitative estimate of drug-likeness (QED) is 0.824. The molecule has 0 fully saturated rings. The number of hydrogen-bond donors (Lipinski definition) is 1. The first kappa shape index (κ1) is 14.6. The van der Waals surface area contributed by atoms with Crippen LogP contribution in [-0.4, -0.2) is 43.4 Å². The monoisotopic (exact) mass is 252 g/mol. The number of nitriles is 1. The van der Waals surface area contributed by atoms with Crippen molar-refractivity contribution < 1.29 is 14.2 Å². The fraction of sp³-hybridized carbons (Fsp3) is 0.462. The molecule has 0 bridgehead atoms.